The van der Waals surface area contributed by atoms with E-state index >= 15 is 0 Å². The molecule has 6 nitrogen and oxygen atoms in total. The highest BCUT2D eigenvalue weighted by molar-refractivity contribution is 6.03. The molecule has 2 N–H and O–H groups in total. The van der Waals surface area contributed by atoms with E-state index in [4.69, 9.17) is 4.74 Å². The Kier molecular flexibility index (Phi) is 4.47. The van der Waals surface area contributed by atoms with Gasteiger partial charge in [-0.25, -0.2) is 0 Å². The van der Waals surface area contributed by atoms with Crippen LogP contribution in [0.3, 0.4) is 0 Å². The van der Waals surface area contributed by atoms with Crippen molar-refractivity contribution in [1.29, 1.82) is 0 Å². The standard InChI is InChI=1S/C20H18N4O2/c25-20(17-12-13-19(24-23-17)21-14-10-11-14)22-16-8-4-5-9-18(16)26-15-6-2-1-3-7-15/h1-9,12-14H,10-11H2,(H,21,24)(H,22,25). The minimum atomic E-state index is -0.334. The molecule has 1 heterocycles. The lowest BCUT2D eigenvalue weighted by atomic mass is 10.2. The van der Waals surface area contributed by atoms with E-state index in [0.717, 1.165) is 12.8 Å². The van der Waals surface area contributed by atoms with Gasteiger partial charge in [-0.1, -0.05) is 30.3 Å². The lowest BCUT2D eigenvalue weighted by Crippen LogP contribution is -2.15. The first-order valence-corrected chi connectivity index (χ1v) is 8.51. The van der Waals surface area contributed by atoms with Crippen LogP contribution in [0.15, 0.2) is 66.7 Å². The number of ether oxygens (including phenoxy) is 1. The number of carbonyl (C=O) groups is 1. The van der Waals surface area contributed by atoms with Gasteiger partial charge >= 0.3 is 0 Å². The monoisotopic (exact) mass is 346 g/mol. The lowest BCUT2D eigenvalue weighted by Gasteiger charge is -2.12. The van der Waals surface area contributed by atoms with E-state index in [9.17, 15) is 4.79 Å². The molecule has 6 heteroatoms. The zero-order chi connectivity index (χ0) is 17.8. The second-order valence-corrected chi connectivity index (χ2v) is 6.09. The second-order valence-electron chi connectivity index (χ2n) is 6.09. The third-order valence-corrected chi connectivity index (χ3v) is 3.93. The summed E-state index contributed by atoms with van der Waals surface area (Å²) in [7, 11) is 0. The Labute approximate surface area is 151 Å². The van der Waals surface area contributed by atoms with Crippen molar-refractivity contribution in [3.63, 3.8) is 0 Å². The summed E-state index contributed by atoms with van der Waals surface area (Å²) in [4.78, 5) is 12.5. The van der Waals surface area contributed by atoms with Gasteiger partial charge in [-0.05, 0) is 49.2 Å². The molecule has 3 aromatic rings. The molecule has 0 aliphatic heterocycles. The summed E-state index contributed by atoms with van der Waals surface area (Å²) in [6.45, 7) is 0. The fourth-order valence-electron chi connectivity index (χ4n) is 2.43. The van der Waals surface area contributed by atoms with E-state index in [0.29, 0.717) is 29.0 Å². The summed E-state index contributed by atoms with van der Waals surface area (Å²) in [5.74, 6) is 1.62. The molecular weight excluding hydrogens is 328 g/mol. The van der Waals surface area contributed by atoms with Gasteiger partial charge in [-0.15, -0.1) is 10.2 Å². The predicted octanol–water partition coefficient (Wildman–Crippen LogP) is 4.10. The van der Waals surface area contributed by atoms with Crippen LogP contribution in [-0.4, -0.2) is 22.1 Å². The zero-order valence-electron chi connectivity index (χ0n) is 14.1. The van der Waals surface area contributed by atoms with Crippen LogP contribution in [0.5, 0.6) is 11.5 Å². The van der Waals surface area contributed by atoms with Crippen LogP contribution in [-0.2, 0) is 0 Å². The molecule has 1 aliphatic rings. The average molecular weight is 346 g/mol. The van der Waals surface area contributed by atoms with Crippen molar-refractivity contribution in [2.75, 3.05) is 10.6 Å². The summed E-state index contributed by atoms with van der Waals surface area (Å²) in [6, 6.07) is 20.6. The van der Waals surface area contributed by atoms with Crippen molar-refractivity contribution < 1.29 is 9.53 Å². The molecule has 2 aromatic carbocycles. The number of nitrogens with one attached hydrogen (secondary N) is 2. The van der Waals surface area contributed by atoms with Gasteiger partial charge in [-0.2, -0.15) is 0 Å². The van der Waals surface area contributed by atoms with Crippen LogP contribution in [0.1, 0.15) is 23.3 Å². The van der Waals surface area contributed by atoms with E-state index in [-0.39, 0.29) is 11.6 Å². The highest BCUT2D eigenvalue weighted by atomic mass is 16.5. The number of hydrogen-bond acceptors (Lipinski definition) is 5. The summed E-state index contributed by atoms with van der Waals surface area (Å²) in [5.41, 5.74) is 0.823. The van der Waals surface area contributed by atoms with E-state index in [1.165, 1.54) is 0 Å². The number of para-hydroxylation sites is 3. The Balaban J connectivity index is 1.47. The fourth-order valence-corrected chi connectivity index (χ4v) is 2.43. The Morgan fingerprint density at radius 1 is 0.923 bits per heavy atom. The van der Waals surface area contributed by atoms with Crippen molar-refractivity contribution in [2.45, 2.75) is 18.9 Å². The van der Waals surface area contributed by atoms with Gasteiger partial charge in [0.05, 0.1) is 5.69 Å². The van der Waals surface area contributed by atoms with E-state index < -0.39 is 0 Å². The maximum atomic E-state index is 12.5. The smallest absolute Gasteiger partial charge is 0.276 e. The maximum Gasteiger partial charge on any atom is 0.276 e. The van der Waals surface area contributed by atoms with Crippen LogP contribution in [0, 0.1) is 0 Å². The van der Waals surface area contributed by atoms with Gasteiger partial charge in [0.2, 0.25) is 0 Å². The number of benzene rings is 2. The van der Waals surface area contributed by atoms with Crippen LogP contribution >= 0.6 is 0 Å². The van der Waals surface area contributed by atoms with Crippen LogP contribution in [0.4, 0.5) is 11.5 Å². The van der Waals surface area contributed by atoms with Crippen LogP contribution in [0.2, 0.25) is 0 Å². The minimum absolute atomic E-state index is 0.251. The number of nitrogens with zero attached hydrogens (tertiary/aromatic N) is 2. The number of hydrogen-bond donors (Lipinski definition) is 2. The molecule has 130 valence electrons. The van der Waals surface area contributed by atoms with Gasteiger partial charge < -0.3 is 15.4 Å². The molecule has 1 aliphatic carbocycles. The van der Waals surface area contributed by atoms with Gasteiger partial charge in [0, 0.05) is 6.04 Å². The van der Waals surface area contributed by atoms with Gasteiger partial charge in [0.1, 0.15) is 11.6 Å². The molecule has 26 heavy (non-hydrogen) atoms. The van der Waals surface area contributed by atoms with E-state index in [2.05, 4.69) is 20.8 Å². The zero-order valence-corrected chi connectivity index (χ0v) is 14.1. The topological polar surface area (TPSA) is 76.1 Å². The summed E-state index contributed by atoms with van der Waals surface area (Å²) < 4.78 is 5.86. The minimum Gasteiger partial charge on any atom is -0.455 e. The molecule has 0 atom stereocenters. The normalized spacial score (nSPS) is 13.1. The Hall–Kier alpha value is -3.41. The first-order valence-electron chi connectivity index (χ1n) is 8.51. The quantitative estimate of drug-likeness (QED) is 0.703. The number of anilines is 2. The fraction of sp³-hybridized carbons (Fsp3) is 0.150. The Morgan fingerprint density at radius 3 is 2.42 bits per heavy atom. The molecule has 1 aromatic heterocycles. The molecule has 1 amide bonds. The number of aromatic nitrogens is 2. The van der Waals surface area contributed by atoms with Crippen LogP contribution in [0.25, 0.3) is 0 Å². The molecule has 1 saturated carbocycles. The largest absolute Gasteiger partial charge is 0.455 e. The Morgan fingerprint density at radius 2 is 1.69 bits per heavy atom. The van der Waals surface area contributed by atoms with Crippen molar-refractivity contribution >= 4 is 17.4 Å². The van der Waals surface area contributed by atoms with Crippen molar-refractivity contribution in [3.05, 3.63) is 72.4 Å². The summed E-state index contributed by atoms with van der Waals surface area (Å²) in [6.07, 6.45) is 2.31. The highest BCUT2D eigenvalue weighted by Gasteiger charge is 2.21. The lowest BCUT2D eigenvalue weighted by molar-refractivity contribution is 0.102. The molecule has 1 fully saturated rings. The molecule has 4 rings (SSSR count). The number of carbonyl (C=O) groups excluding carboxylic acids is 1. The molecule has 0 spiro atoms. The van der Waals surface area contributed by atoms with Crippen molar-refractivity contribution in [2.24, 2.45) is 0 Å². The average Bonchev–Trinajstić information content (AvgIpc) is 3.49. The molecule has 0 unspecified atom stereocenters. The molecule has 0 radical (unpaired) electrons. The van der Waals surface area contributed by atoms with Gasteiger partial charge in [0.15, 0.2) is 11.4 Å². The van der Waals surface area contributed by atoms with Gasteiger partial charge in [0.25, 0.3) is 5.91 Å². The maximum absolute atomic E-state index is 12.5. The molecule has 0 saturated heterocycles. The van der Waals surface area contributed by atoms with Crippen molar-refractivity contribution in [3.8, 4) is 11.5 Å². The predicted molar refractivity (Wildman–Crippen MR) is 99.6 cm³/mol. The summed E-state index contributed by atoms with van der Waals surface area (Å²) >= 11 is 0. The molecular formula is C20H18N4O2. The van der Waals surface area contributed by atoms with E-state index in [1.54, 1.807) is 24.3 Å². The third kappa shape index (κ3) is 3.97. The first-order chi connectivity index (χ1) is 12.8. The third-order valence-electron chi connectivity index (χ3n) is 3.93. The number of amides is 1. The Bertz CT molecular complexity index is 893. The number of rotatable bonds is 6. The SMILES string of the molecule is O=C(Nc1ccccc1Oc1ccccc1)c1ccc(NC2CC2)nn1. The summed E-state index contributed by atoms with van der Waals surface area (Å²) in [5, 5.41) is 14.1. The first kappa shape index (κ1) is 16.1. The second kappa shape index (κ2) is 7.23. The van der Waals surface area contributed by atoms with Crippen molar-refractivity contribution in [1.82, 2.24) is 10.2 Å². The van der Waals surface area contributed by atoms with Gasteiger partial charge in [-0.3, -0.25) is 4.79 Å². The highest BCUT2D eigenvalue weighted by Crippen LogP contribution is 2.29. The molecule has 0 bridgehead atoms. The van der Waals surface area contributed by atoms with E-state index in [1.807, 2.05) is 42.5 Å². The van der Waals surface area contributed by atoms with Crippen LogP contribution < -0.4 is 15.4 Å².